The van der Waals surface area contributed by atoms with E-state index >= 15 is 0 Å². The molecule has 0 fully saturated rings. The highest BCUT2D eigenvalue weighted by Gasteiger charge is 2.34. The molecule has 0 spiro atoms. The third kappa shape index (κ3) is 4.35. The number of hydrogen-bond donors (Lipinski definition) is 1. The first kappa shape index (κ1) is 18.7. The predicted octanol–water partition coefficient (Wildman–Crippen LogP) is 2.73. The van der Waals surface area contributed by atoms with Crippen molar-refractivity contribution < 1.29 is 23.4 Å². The zero-order valence-corrected chi connectivity index (χ0v) is 14.5. The van der Waals surface area contributed by atoms with Crippen molar-refractivity contribution in [2.75, 3.05) is 6.61 Å². The maximum Gasteiger partial charge on any atom is 0.159 e. The first-order valence-electron chi connectivity index (χ1n) is 8.11. The van der Waals surface area contributed by atoms with Gasteiger partial charge in [-0.05, 0) is 37.3 Å². The summed E-state index contributed by atoms with van der Waals surface area (Å²) in [5.74, 6) is -1.34. The summed E-state index contributed by atoms with van der Waals surface area (Å²) in [5.41, 5.74) is -1.44. The highest BCUT2D eigenvalue weighted by atomic mass is 19.1. The Morgan fingerprint density at radius 2 is 1.96 bits per heavy atom. The quantitative estimate of drug-likeness (QED) is 0.645. The molecule has 0 radical (unpaired) electrons. The van der Waals surface area contributed by atoms with Gasteiger partial charge in [-0.1, -0.05) is 6.07 Å². The average Bonchev–Trinajstić information content (AvgIpc) is 3.13. The second kappa shape index (κ2) is 7.63. The lowest BCUT2D eigenvalue weighted by atomic mass is 9.94. The molecule has 27 heavy (non-hydrogen) atoms. The van der Waals surface area contributed by atoms with Crippen molar-refractivity contribution in [2.24, 2.45) is 0 Å². The van der Waals surface area contributed by atoms with E-state index in [9.17, 15) is 18.7 Å². The van der Waals surface area contributed by atoms with E-state index in [1.165, 1.54) is 30.3 Å². The molecule has 0 bridgehead atoms. The Kier molecular flexibility index (Phi) is 5.27. The number of ketones is 1. The van der Waals surface area contributed by atoms with E-state index in [1.807, 2.05) is 0 Å². The molecule has 1 N–H and O–H groups in total. The van der Waals surface area contributed by atoms with Gasteiger partial charge in [-0.25, -0.2) is 18.4 Å². The van der Waals surface area contributed by atoms with Crippen LogP contribution < -0.4 is 4.74 Å². The van der Waals surface area contributed by atoms with E-state index in [2.05, 4.69) is 10.1 Å². The van der Waals surface area contributed by atoms with Crippen molar-refractivity contribution in [3.63, 3.8) is 0 Å². The molecule has 0 aliphatic rings. The number of rotatable bonds is 7. The number of aromatic nitrogens is 3. The molecule has 1 atom stereocenters. The lowest BCUT2D eigenvalue weighted by Gasteiger charge is -2.29. The molecule has 0 aliphatic carbocycles. The maximum atomic E-state index is 14.3. The Morgan fingerprint density at radius 1 is 1.22 bits per heavy atom. The monoisotopic (exact) mass is 373 g/mol. The molecule has 0 amide bonds. The van der Waals surface area contributed by atoms with Crippen molar-refractivity contribution in [1.82, 2.24) is 14.8 Å². The molecular weight excluding hydrogens is 356 g/mol. The zero-order valence-electron chi connectivity index (χ0n) is 14.5. The minimum absolute atomic E-state index is 0.0855. The van der Waals surface area contributed by atoms with Crippen LogP contribution in [0.25, 0.3) is 0 Å². The third-order valence-corrected chi connectivity index (χ3v) is 4.06. The number of Topliss-reactive ketones (excluding diaryl/α,β-unsaturated/α-hetero) is 1. The Balaban J connectivity index is 1.86. The molecule has 6 nitrogen and oxygen atoms in total. The number of ether oxygens (including phenoxy) is 1. The second-order valence-corrected chi connectivity index (χ2v) is 6.12. The van der Waals surface area contributed by atoms with Crippen molar-refractivity contribution in [1.29, 1.82) is 0 Å². The molecule has 0 aliphatic heterocycles. The Labute approximate surface area is 154 Å². The highest BCUT2D eigenvalue weighted by molar-refractivity contribution is 5.94. The van der Waals surface area contributed by atoms with Crippen LogP contribution in [0.5, 0.6) is 5.75 Å². The predicted molar refractivity (Wildman–Crippen MR) is 92.2 cm³/mol. The third-order valence-electron chi connectivity index (χ3n) is 4.06. The molecular formula is C19H17F2N3O3. The lowest BCUT2D eigenvalue weighted by Crippen LogP contribution is -2.39. The molecule has 0 saturated heterocycles. The first-order chi connectivity index (χ1) is 12.9. The number of benzene rings is 2. The largest absolute Gasteiger partial charge is 0.490 e. The van der Waals surface area contributed by atoms with Crippen LogP contribution in [0.3, 0.4) is 0 Å². The average molecular weight is 373 g/mol. The Morgan fingerprint density at radius 3 is 2.56 bits per heavy atom. The zero-order chi connectivity index (χ0) is 19.4. The van der Waals surface area contributed by atoms with E-state index in [1.54, 1.807) is 24.3 Å². The Hall–Kier alpha value is -3.13. The summed E-state index contributed by atoms with van der Waals surface area (Å²) < 4.78 is 34.5. The molecule has 2 aromatic carbocycles. The van der Waals surface area contributed by atoms with Gasteiger partial charge in [0.05, 0.1) is 6.54 Å². The standard InChI is InChI=1S/C19H17F2N3O3/c1-13(25)14-2-5-16(6-3-14)27-10-19(26,9-24-12-22-11-23-24)17-7-4-15(20)8-18(17)21/h2-8,11-12,26H,9-10H2,1H3. The van der Waals surface area contributed by atoms with Gasteiger partial charge in [-0.2, -0.15) is 5.10 Å². The molecule has 140 valence electrons. The molecule has 3 rings (SSSR count). The Bertz CT molecular complexity index is 930. The van der Waals surface area contributed by atoms with Crippen LogP contribution in [-0.2, 0) is 12.1 Å². The SMILES string of the molecule is CC(=O)c1ccc(OCC(O)(Cn2cncn2)c2ccc(F)cc2F)cc1. The van der Waals surface area contributed by atoms with Crippen molar-refractivity contribution >= 4 is 5.78 Å². The van der Waals surface area contributed by atoms with E-state index in [0.717, 1.165) is 6.07 Å². The summed E-state index contributed by atoms with van der Waals surface area (Å²) in [6.45, 7) is 0.972. The van der Waals surface area contributed by atoms with Crippen LogP contribution in [0.1, 0.15) is 22.8 Å². The fourth-order valence-corrected chi connectivity index (χ4v) is 2.65. The van der Waals surface area contributed by atoms with Gasteiger partial charge in [0.15, 0.2) is 5.78 Å². The van der Waals surface area contributed by atoms with Gasteiger partial charge in [0.2, 0.25) is 0 Å². The summed E-state index contributed by atoms with van der Waals surface area (Å²) >= 11 is 0. The van der Waals surface area contributed by atoms with Gasteiger partial charge in [-0.3, -0.25) is 4.79 Å². The van der Waals surface area contributed by atoms with E-state index < -0.39 is 17.2 Å². The number of halogens is 2. The van der Waals surface area contributed by atoms with E-state index in [-0.39, 0.29) is 24.5 Å². The topological polar surface area (TPSA) is 77.2 Å². The highest BCUT2D eigenvalue weighted by Crippen LogP contribution is 2.28. The number of aliphatic hydroxyl groups is 1. The number of hydrogen-bond acceptors (Lipinski definition) is 5. The van der Waals surface area contributed by atoms with Gasteiger partial charge < -0.3 is 9.84 Å². The number of nitrogens with zero attached hydrogens (tertiary/aromatic N) is 3. The van der Waals surface area contributed by atoms with E-state index in [4.69, 9.17) is 4.74 Å². The molecule has 0 saturated carbocycles. The summed E-state index contributed by atoms with van der Waals surface area (Å²) in [5, 5.41) is 15.0. The number of carbonyl (C=O) groups excluding carboxylic acids is 1. The van der Waals surface area contributed by atoms with Crippen LogP contribution in [-0.4, -0.2) is 32.3 Å². The second-order valence-electron chi connectivity index (χ2n) is 6.12. The van der Waals surface area contributed by atoms with Crippen molar-refractivity contribution in [2.45, 2.75) is 19.1 Å². The van der Waals surface area contributed by atoms with Crippen LogP contribution in [0, 0.1) is 11.6 Å². The summed E-state index contributed by atoms with van der Waals surface area (Å²) in [6.07, 6.45) is 2.65. The van der Waals surface area contributed by atoms with Crippen molar-refractivity contribution in [3.8, 4) is 5.75 Å². The molecule has 3 aromatic rings. The van der Waals surface area contributed by atoms with Gasteiger partial charge >= 0.3 is 0 Å². The van der Waals surface area contributed by atoms with E-state index in [0.29, 0.717) is 17.4 Å². The van der Waals surface area contributed by atoms with Crippen LogP contribution >= 0.6 is 0 Å². The van der Waals surface area contributed by atoms with Crippen LogP contribution in [0.4, 0.5) is 8.78 Å². The summed E-state index contributed by atoms with van der Waals surface area (Å²) in [6, 6.07) is 9.26. The minimum atomic E-state index is -1.83. The first-order valence-corrected chi connectivity index (χ1v) is 8.11. The maximum absolute atomic E-state index is 14.3. The van der Waals surface area contributed by atoms with Gasteiger partial charge in [-0.15, -0.1) is 0 Å². The van der Waals surface area contributed by atoms with Crippen molar-refractivity contribution in [3.05, 3.63) is 77.9 Å². The summed E-state index contributed by atoms with van der Waals surface area (Å²) in [7, 11) is 0. The molecule has 1 aromatic heterocycles. The fourth-order valence-electron chi connectivity index (χ4n) is 2.65. The van der Waals surface area contributed by atoms with Gasteiger partial charge in [0.25, 0.3) is 0 Å². The van der Waals surface area contributed by atoms with Gasteiger partial charge in [0, 0.05) is 17.2 Å². The molecule has 1 heterocycles. The number of carbonyl (C=O) groups is 1. The van der Waals surface area contributed by atoms with Gasteiger partial charge in [0.1, 0.15) is 42.2 Å². The molecule has 8 heteroatoms. The molecule has 1 unspecified atom stereocenters. The fraction of sp³-hybridized carbons (Fsp3) is 0.211. The van der Waals surface area contributed by atoms with Crippen LogP contribution in [0.15, 0.2) is 55.1 Å². The minimum Gasteiger partial charge on any atom is -0.490 e. The van der Waals surface area contributed by atoms with Crippen LogP contribution in [0.2, 0.25) is 0 Å². The lowest BCUT2D eigenvalue weighted by molar-refractivity contribution is -0.0297. The smallest absolute Gasteiger partial charge is 0.159 e. The summed E-state index contributed by atoms with van der Waals surface area (Å²) in [4.78, 5) is 15.1. The normalized spacial score (nSPS) is 13.2.